The second kappa shape index (κ2) is 7.30. The van der Waals surface area contributed by atoms with Crippen molar-refractivity contribution in [2.75, 3.05) is 18.1 Å². The number of amides is 1. The smallest absolute Gasteiger partial charge is 0.306 e. The third kappa shape index (κ3) is 5.20. The Labute approximate surface area is 136 Å². The van der Waals surface area contributed by atoms with Crippen LogP contribution in [0.4, 0.5) is 0 Å². The van der Waals surface area contributed by atoms with E-state index in [0.29, 0.717) is 19.3 Å². The van der Waals surface area contributed by atoms with E-state index in [0.717, 1.165) is 19.3 Å². The molecule has 2 rings (SSSR count). The minimum absolute atomic E-state index is 0.00579. The lowest BCUT2D eigenvalue weighted by Crippen LogP contribution is -2.50. The van der Waals surface area contributed by atoms with Crippen LogP contribution < -0.4 is 5.32 Å². The third-order valence-electron chi connectivity index (χ3n) is 4.45. The van der Waals surface area contributed by atoms with Gasteiger partial charge in [0.2, 0.25) is 0 Å². The maximum atomic E-state index is 11.9. The Balaban J connectivity index is 1.73. The zero-order valence-electron chi connectivity index (χ0n) is 13.0. The molecule has 1 aliphatic heterocycles. The van der Waals surface area contributed by atoms with Crippen molar-refractivity contribution in [3.8, 4) is 6.07 Å². The van der Waals surface area contributed by atoms with E-state index < -0.39 is 33.9 Å². The summed E-state index contributed by atoms with van der Waals surface area (Å²) in [4.78, 5) is 23.6. The Morgan fingerprint density at radius 3 is 2.52 bits per heavy atom. The molecule has 0 aromatic heterocycles. The van der Waals surface area contributed by atoms with E-state index in [4.69, 9.17) is 4.74 Å². The Bertz CT molecular complexity index is 602. The fraction of sp³-hybridized carbons (Fsp3) is 0.800. The van der Waals surface area contributed by atoms with Crippen molar-refractivity contribution >= 4 is 21.7 Å². The standard InChI is InChI=1S/C15H22N2O5S/c16-11-15(5-2-1-3-6-15)17-13(18)9-22-14(19)8-12-4-7-23(20,21)10-12/h12H,1-10H2,(H,17,18)/t12-/m0/s1. The molecule has 2 fully saturated rings. The van der Waals surface area contributed by atoms with Crippen molar-refractivity contribution in [3.05, 3.63) is 0 Å². The van der Waals surface area contributed by atoms with Gasteiger partial charge in [-0.3, -0.25) is 9.59 Å². The van der Waals surface area contributed by atoms with Crippen LogP contribution in [0.2, 0.25) is 0 Å². The first kappa shape index (κ1) is 17.7. The summed E-state index contributed by atoms with van der Waals surface area (Å²) in [6.45, 7) is -0.429. The highest BCUT2D eigenvalue weighted by Crippen LogP contribution is 2.27. The molecule has 8 heteroatoms. The van der Waals surface area contributed by atoms with E-state index in [1.807, 2.05) is 0 Å². The molecule has 0 bridgehead atoms. The molecule has 1 saturated heterocycles. The number of sulfone groups is 1. The Morgan fingerprint density at radius 2 is 1.96 bits per heavy atom. The van der Waals surface area contributed by atoms with Crippen LogP contribution in [0.5, 0.6) is 0 Å². The van der Waals surface area contributed by atoms with E-state index in [1.165, 1.54) is 0 Å². The van der Waals surface area contributed by atoms with Gasteiger partial charge in [-0.15, -0.1) is 0 Å². The number of nitriles is 1. The van der Waals surface area contributed by atoms with Gasteiger partial charge in [0.1, 0.15) is 5.54 Å². The maximum absolute atomic E-state index is 11.9. The van der Waals surface area contributed by atoms with Crippen LogP contribution in [0.1, 0.15) is 44.9 Å². The molecule has 1 atom stereocenters. The van der Waals surface area contributed by atoms with E-state index in [2.05, 4.69) is 11.4 Å². The third-order valence-corrected chi connectivity index (χ3v) is 6.28. The topological polar surface area (TPSA) is 113 Å². The lowest BCUT2D eigenvalue weighted by Gasteiger charge is -2.31. The first-order valence-corrected chi connectivity index (χ1v) is 9.75. The normalized spacial score (nSPS) is 25.3. The van der Waals surface area contributed by atoms with Crippen LogP contribution >= 0.6 is 0 Å². The highest BCUT2D eigenvalue weighted by atomic mass is 32.2. The van der Waals surface area contributed by atoms with Gasteiger partial charge >= 0.3 is 5.97 Å². The number of esters is 1. The maximum Gasteiger partial charge on any atom is 0.306 e. The summed E-state index contributed by atoms with van der Waals surface area (Å²) in [5.74, 6) is -1.17. The average Bonchev–Trinajstić information content (AvgIpc) is 2.85. The van der Waals surface area contributed by atoms with Crippen molar-refractivity contribution in [2.24, 2.45) is 5.92 Å². The predicted octanol–water partition coefficient (Wildman–Crippen LogP) is 0.697. The van der Waals surface area contributed by atoms with Gasteiger partial charge in [0.05, 0.1) is 17.6 Å². The molecule has 1 N–H and O–H groups in total. The van der Waals surface area contributed by atoms with Crippen molar-refractivity contribution in [1.29, 1.82) is 5.26 Å². The van der Waals surface area contributed by atoms with Crippen molar-refractivity contribution in [2.45, 2.75) is 50.5 Å². The summed E-state index contributed by atoms with van der Waals surface area (Å²) in [5, 5.41) is 11.9. The Hall–Kier alpha value is -1.62. The van der Waals surface area contributed by atoms with Crippen LogP contribution in [-0.2, 0) is 24.2 Å². The van der Waals surface area contributed by atoms with Crippen molar-refractivity contribution in [3.63, 3.8) is 0 Å². The number of rotatable bonds is 5. The highest BCUT2D eigenvalue weighted by Gasteiger charge is 2.34. The van der Waals surface area contributed by atoms with Crippen LogP contribution in [-0.4, -0.2) is 43.9 Å². The first-order valence-electron chi connectivity index (χ1n) is 7.92. The minimum atomic E-state index is -3.03. The molecule has 1 aliphatic carbocycles. The summed E-state index contributed by atoms with van der Waals surface area (Å²) < 4.78 is 27.6. The van der Waals surface area contributed by atoms with Gasteiger partial charge in [0, 0.05) is 6.42 Å². The fourth-order valence-electron chi connectivity index (χ4n) is 3.20. The number of carbonyl (C=O) groups excluding carboxylic acids is 2. The molecule has 1 heterocycles. The van der Waals surface area contributed by atoms with E-state index >= 15 is 0 Å². The van der Waals surface area contributed by atoms with Gasteiger partial charge in [0.15, 0.2) is 16.4 Å². The predicted molar refractivity (Wildman–Crippen MR) is 81.9 cm³/mol. The lowest BCUT2D eigenvalue weighted by molar-refractivity contribution is -0.149. The second-order valence-electron chi connectivity index (χ2n) is 6.44. The van der Waals surface area contributed by atoms with Crippen LogP contribution in [0.15, 0.2) is 0 Å². The zero-order valence-corrected chi connectivity index (χ0v) is 13.9. The number of carbonyl (C=O) groups is 2. The fourth-order valence-corrected chi connectivity index (χ4v) is 5.06. The molecule has 2 aliphatic rings. The van der Waals surface area contributed by atoms with Gasteiger partial charge in [0.25, 0.3) is 5.91 Å². The Kier molecular flexibility index (Phi) is 5.63. The van der Waals surface area contributed by atoms with Crippen LogP contribution in [0.3, 0.4) is 0 Å². The molecule has 0 aromatic carbocycles. The highest BCUT2D eigenvalue weighted by molar-refractivity contribution is 7.91. The molecule has 0 radical (unpaired) electrons. The number of nitrogens with zero attached hydrogens (tertiary/aromatic N) is 1. The first-order chi connectivity index (χ1) is 10.8. The molecule has 128 valence electrons. The van der Waals surface area contributed by atoms with E-state index in [1.54, 1.807) is 0 Å². The summed E-state index contributed by atoms with van der Waals surface area (Å²) in [7, 11) is -3.03. The van der Waals surface area contributed by atoms with Gasteiger partial charge in [-0.05, 0) is 25.2 Å². The molecule has 0 spiro atoms. The Morgan fingerprint density at radius 1 is 1.26 bits per heavy atom. The monoisotopic (exact) mass is 342 g/mol. The quantitative estimate of drug-likeness (QED) is 0.736. The van der Waals surface area contributed by atoms with Gasteiger partial charge < -0.3 is 10.1 Å². The number of hydrogen-bond donors (Lipinski definition) is 1. The average molecular weight is 342 g/mol. The molecule has 1 saturated carbocycles. The van der Waals surface area contributed by atoms with E-state index in [9.17, 15) is 23.3 Å². The van der Waals surface area contributed by atoms with Crippen molar-refractivity contribution in [1.82, 2.24) is 5.32 Å². The van der Waals surface area contributed by atoms with Crippen molar-refractivity contribution < 1.29 is 22.7 Å². The molecule has 7 nitrogen and oxygen atoms in total. The van der Waals surface area contributed by atoms with Gasteiger partial charge in [-0.2, -0.15) is 5.26 Å². The van der Waals surface area contributed by atoms with Gasteiger partial charge in [-0.25, -0.2) is 8.42 Å². The number of ether oxygens (including phenoxy) is 1. The molecule has 1 amide bonds. The van der Waals surface area contributed by atoms with Crippen LogP contribution in [0.25, 0.3) is 0 Å². The molecule has 0 aromatic rings. The molecule has 23 heavy (non-hydrogen) atoms. The van der Waals surface area contributed by atoms with E-state index in [-0.39, 0.29) is 23.8 Å². The summed E-state index contributed by atoms with van der Waals surface area (Å²) in [6.07, 6.45) is 4.54. The summed E-state index contributed by atoms with van der Waals surface area (Å²) >= 11 is 0. The second-order valence-corrected chi connectivity index (χ2v) is 8.67. The lowest BCUT2D eigenvalue weighted by atomic mass is 9.83. The number of nitrogens with one attached hydrogen (secondary N) is 1. The minimum Gasteiger partial charge on any atom is -0.456 e. The zero-order chi connectivity index (χ0) is 16.9. The van der Waals surface area contributed by atoms with Crippen LogP contribution in [0, 0.1) is 17.2 Å². The largest absolute Gasteiger partial charge is 0.456 e. The molecular weight excluding hydrogens is 320 g/mol. The molecule has 0 unspecified atom stereocenters. The summed E-state index contributed by atoms with van der Waals surface area (Å²) in [6, 6.07) is 2.16. The summed E-state index contributed by atoms with van der Waals surface area (Å²) in [5.41, 5.74) is -0.846. The SMILES string of the molecule is N#CC1(NC(=O)COC(=O)C[C@@H]2CCS(=O)(=O)C2)CCCCC1. The molecular formula is C15H22N2O5S. The number of hydrogen-bond acceptors (Lipinski definition) is 6. The van der Waals surface area contributed by atoms with Gasteiger partial charge in [-0.1, -0.05) is 19.3 Å².